The molecule has 29 heavy (non-hydrogen) atoms. The molecule has 0 aliphatic carbocycles. The van der Waals surface area contributed by atoms with Gasteiger partial charge in [0.25, 0.3) is 5.91 Å². The van der Waals surface area contributed by atoms with Gasteiger partial charge in [-0.2, -0.15) is 0 Å². The van der Waals surface area contributed by atoms with E-state index in [1.54, 1.807) is 38.0 Å². The van der Waals surface area contributed by atoms with Crippen LogP contribution in [0.5, 0.6) is 5.75 Å². The number of methoxy groups -OCH3 is 1. The Morgan fingerprint density at radius 3 is 2.69 bits per heavy atom. The number of hydrogen-bond donors (Lipinski definition) is 0. The molecule has 0 radical (unpaired) electrons. The number of ether oxygens (including phenoxy) is 1. The average molecular weight is 391 g/mol. The van der Waals surface area contributed by atoms with E-state index in [4.69, 9.17) is 4.74 Å². The van der Waals surface area contributed by atoms with E-state index in [0.717, 1.165) is 38.3 Å². The third-order valence-corrected chi connectivity index (χ3v) is 5.21. The normalized spacial score (nSPS) is 15.1. The van der Waals surface area contributed by atoms with Gasteiger partial charge in [0.05, 0.1) is 13.4 Å². The lowest BCUT2D eigenvalue weighted by atomic mass is 10.2. The summed E-state index contributed by atoms with van der Waals surface area (Å²) in [6.45, 7) is 4.14. The SMILES string of the molecule is COc1ccnc(C(=O)N2CCCN(Cc3ccc(-n4ccnc4)cc3)CC2)c1. The Morgan fingerprint density at radius 2 is 1.93 bits per heavy atom. The molecular formula is C22H25N5O2. The molecule has 7 heteroatoms. The van der Waals surface area contributed by atoms with Gasteiger partial charge in [0, 0.05) is 63.1 Å². The Kier molecular flexibility index (Phi) is 5.86. The van der Waals surface area contributed by atoms with Crippen molar-refractivity contribution in [1.29, 1.82) is 0 Å². The van der Waals surface area contributed by atoms with E-state index in [9.17, 15) is 4.79 Å². The lowest BCUT2D eigenvalue weighted by Crippen LogP contribution is -2.35. The van der Waals surface area contributed by atoms with Gasteiger partial charge in [-0.05, 0) is 30.2 Å². The molecule has 1 aromatic carbocycles. The van der Waals surface area contributed by atoms with Gasteiger partial charge < -0.3 is 14.2 Å². The molecule has 0 unspecified atom stereocenters. The van der Waals surface area contributed by atoms with Crippen molar-refractivity contribution in [2.24, 2.45) is 0 Å². The number of imidazole rings is 1. The smallest absolute Gasteiger partial charge is 0.272 e. The van der Waals surface area contributed by atoms with Crippen LogP contribution in [0.4, 0.5) is 0 Å². The number of nitrogens with zero attached hydrogens (tertiary/aromatic N) is 5. The Balaban J connectivity index is 1.35. The van der Waals surface area contributed by atoms with Crippen LogP contribution in [0.2, 0.25) is 0 Å². The van der Waals surface area contributed by atoms with Crippen LogP contribution in [0.3, 0.4) is 0 Å². The quantitative estimate of drug-likeness (QED) is 0.669. The standard InChI is InChI=1S/C22H25N5O2/c1-29-20-7-8-24-21(15-20)22(28)26-11-2-10-25(13-14-26)16-18-3-5-19(6-4-18)27-12-9-23-17-27/h3-9,12,15,17H,2,10-11,13-14,16H2,1H3. The summed E-state index contributed by atoms with van der Waals surface area (Å²) in [5, 5.41) is 0. The number of benzene rings is 1. The fourth-order valence-electron chi connectivity index (χ4n) is 3.59. The molecule has 2 aromatic heterocycles. The van der Waals surface area contributed by atoms with Crippen molar-refractivity contribution in [3.63, 3.8) is 0 Å². The zero-order chi connectivity index (χ0) is 20.1. The molecule has 0 atom stereocenters. The van der Waals surface area contributed by atoms with Crippen LogP contribution in [-0.2, 0) is 6.54 Å². The van der Waals surface area contributed by atoms with Crippen molar-refractivity contribution in [3.05, 3.63) is 72.6 Å². The Hall–Kier alpha value is -3.19. The molecule has 0 bridgehead atoms. The second-order valence-corrected chi connectivity index (χ2v) is 7.14. The van der Waals surface area contributed by atoms with Gasteiger partial charge in [0.1, 0.15) is 11.4 Å². The minimum atomic E-state index is -0.0320. The molecule has 1 aliphatic heterocycles. The third-order valence-electron chi connectivity index (χ3n) is 5.21. The summed E-state index contributed by atoms with van der Waals surface area (Å²) in [4.78, 5) is 25.4. The Bertz CT molecular complexity index is 940. The first-order chi connectivity index (χ1) is 14.2. The predicted octanol–water partition coefficient (Wildman–Crippen LogP) is 2.62. The minimum Gasteiger partial charge on any atom is -0.497 e. The highest BCUT2D eigenvalue weighted by molar-refractivity contribution is 5.92. The van der Waals surface area contributed by atoms with Gasteiger partial charge in [-0.3, -0.25) is 14.7 Å². The highest BCUT2D eigenvalue weighted by Crippen LogP contribution is 2.15. The molecule has 1 fully saturated rings. The van der Waals surface area contributed by atoms with Crippen molar-refractivity contribution in [2.75, 3.05) is 33.3 Å². The number of carbonyl (C=O) groups is 1. The number of rotatable bonds is 5. The van der Waals surface area contributed by atoms with Crippen LogP contribution >= 0.6 is 0 Å². The van der Waals surface area contributed by atoms with Crippen LogP contribution < -0.4 is 4.74 Å². The van der Waals surface area contributed by atoms with Crippen molar-refractivity contribution in [1.82, 2.24) is 24.3 Å². The maximum absolute atomic E-state index is 12.8. The summed E-state index contributed by atoms with van der Waals surface area (Å²) < 4.78 is 7.20. The summed E-state index contributed by atoms with van der Waals surface area (Å²) in [7, 11) is 1.59. The molecule has 3 aromatic rings. The summed E-state index contributed by atoms with van der Waals surface area (Å²) in [5.41, 5.74) is 2.81. The maximum Gasteiger partial charge on any atom is 0.272 e. The first-order valence-corrected chi connectivity index (χ1v) is 9.82. The highest BCUT2D eigenvalue weighted by atomic mass is 16.5. The maximum atomic E-state index is 12.8. The third kappa shape index (κ3) is 4.63. The van der Waals surface area contributed by atoms with Gasteiger partial charge in [-0.25, -0.2) is 4.98 Å². The van der Waals surface area contributed by atoms with E-state index in [1.807, 2.05) is 15.7 Å². The van der Waals surface area contributed by atoms with Crippen LogP contribution in [0.1, 0.15) is 22.5 Å². The first-order valence-electron chi connectivity index (χ1n) is 9.82. The molecule has 0 saturated carbocycles. The highest BCUT2D eigenvalue weighted by Gasteiger charge is 2.21. The Morgan fingerprint density at radius 1 is 1.07 bits per heavy atom. The molecular weight excluding hydrogens is 366 g/mol. The van der Waals surface area contributed by atoms with Crippen LogP contribution in [0.15, 0.2) is 61.3 Å². The number of carbonyl (C=O) groups excluding carboxylic acids is 1. The monoisotopic (exact) mass is 391 g/mol. The lowest BCUT2D eigenvalue weighted by Gasteiger charge is -2.22. The Labute approximate surface area is 170 Å². The van der Waals surface area contributed by atoms with E-state index in [1.165, 1.54) is 5.56 Å². The predicted molar refractivity (Wildman–Crippen MR) is 110 cm³/mol. The van der Waals surface area contributed by atoms with Gasteiger partial charge in [0.2, 0.25) is 0 Å². The zero-order valence-electron chi connectivity index (χ0n) is 16.6. The average Bonchev–Trinajstić information content (AvgIpc) is 3.21. The summed E-state index contributed by atoms with van der Waals surface area (Å²) in [5.74, 6) is 0.620. The van der Waals surface area contributed by atoms with E-state index in [-0.39, 0.29) is 5.91 Å². The second-order valence-electron chi connectivity index (χ2n) is 7.14. The fourth-order valence-corrected chi connectivity index (χ4v) is 3.59. The minimum absolute atomic E-state index is 0.0320. The molecule has 4 rings (SSSR count). The number of pyridine rings is 1. The first kappa shape index (κ1) is 19.1. The van der Waals surface area contributed by atoms with E-state index < -0.39 is 0 Å². The number of amides is 1. The molecule has 1 aliphatic rings. The van der Waals surface area contributed by atoms with E-state index in [2.05, 4.69) is 39.1 Å². The topological polar surface area (TPSA) is 63.5 Å². The van der Waals surface area contributed by atoms with Gasteiger partial charge in [-0.1, -0.05) is 12.1 Å². The van der Waals surface area contributed by atoms with Gasteiger partial charge >= 0.3 is 0 Å². The van der Waals surface area contributed by atoms with Gasteiger partial charge in [0.15, 0.2) is 0 Å². The van der Waals surface area contributed by atoms with Crippen LogP contribution in [0.25, 0.3) is 5.69 Å². The summed E-state index contributed by atoms with van der Waals surface area (Å²) >= 11 is 0. The number of aromatic nitrogens is 3. The fraction of sp³-hybridized carbons (Fsp3) is 0.318. The van der Waals surface area contributed by atoms with Crippen molar-refractivity contribution >= 4 is 5.91 Å². The van der Waals surface area contributed by atoms with Crippen molar-refractivity contribution in [3.8, 4) is 11.4 Å². The van der Waals surface area contributed by atoms with Crippen LogP contribution in [0, 0.1) is 0 Å². The van der Waals surface area contributed by atoms with E-state index >= 15 is 0 Å². The second kappa shape index (κ2) is 8.87. The molecule has 7 nitrogen and oxygen atoms in total. The molecule has 3 heterocycles. The molecule has 1 amide bonds. The zero-order valence-corrected chi connectivity index (χ0v) is 16.6. The summed E-state index contributed by atoms with van der Waals surface area (Å²) in [6.07, 6.45) is 8.07. The summed E-state index contributed by atoms with van der Waals surface area (Å²) in [6, 6.07) is 12.0. The van der Waals surface area contributed by atoms with Gasteiger partial charge in [-0.15, -0.1) is 0 Å². The molecule has 150 valence electrons. The lowest BCUT2D eigenvalue weighted by molar-refractivity contribution is 0.0755. The van der Waals surface area contributed by atoms with Crippen LogP contribution in [-0.4, -0.2) is 63.5 Å². The van der Waals surface area contributed by atoms with Crippen molar-refractivity contribution in [2.45, 2.75) is 13.0 Å². The largest absolute Gasteiger partial charge is 0.497 e. The van der Waals surface area contributed by atoms with E-state index in [0.29, 0.717) is 18.0 Å². The van der Waals surface area contributed by atoms with Crippen molar-refractivity contribution < 1.29 is 9.53 Å². The molecule has 0 N–H and O–H groups in total. The number of hydrogen-bond acceptors (Lipinski definition) is 5. The molecule has 1 saturated heterocycles. The molecule has 0 spiro atoms.